The molecule has 4 heteroatoms. The lowest BCUT2D eigenvalue weighted by Crippen LogP contribution is -2.11. The van der Waals surface area contributed by atoms with Crippen LogP contribution in [-0.2, 0) is 4.79 Å². The first-order valence-corrected chi connectivity index (χ1v) is 3.59. The standard InChI is InChI=1S/C7H10F2O2/c8-7(9)2-1-5(4-7)3-6(10)11/h5H,1-4H2,(H,10,11). The Morgan fingerprint density at radius 1 is 1.64 bits per heavy atom. The van der Waals surface area contributed by atoms with Gasteiger partial charge in [-0.25, -0.2) is 8.78 Å². The van der Waals surface area contributed by atoms with Crippen LogP contribution in [0.1, 0.15) is 25.7 Å². The summed E-state index contributed by atoms with van der Waals surface area (Å²) in [5.41, 5.74) is 0. The van der Waals surface area contributed by atoms with Crippen molar-refractivity contribution in [2.24, 2.45) is 5.92 Å². The fourth-order valence-electron chi connectivity index (χ4n) is 1.46. The summed E-state index contributed by atoms with van der Waals surface area (Å²) in [6.45, 7) is 0. The highest BCUT2D eigenvalue weighted by Gasteiger charge is 2.39. The summed E-state index contributed by atoms with van der Waals surface area (Å²) in [5, 5.41) is 8.30. The lowest BCUT2D eigenvalue weighted by molar-refractivity contribution is -0.138. The van der Waals surface area contributed by atoms with Crippen molar-refractivity contribution in [3.63, 3.8) is 0 Å². The van der Waals surface area contributed by atoms with E-state index in [1.54, 1.807) is 0 Å². The van der Waals surface area contributed by atoms with E-state index in [1.165, 1.54) is 0 Å². The van der Waals surface area contributed by atoms with Crippen molar-refractivity contribution < 1.29 is 18.7 Å². The third-order valence-electron chi connectivity index (χ3n) is 1.97. The third kappa shape index (κ3) is 2.44. The topological polar surface area (TPSA) is 37.3 Å². The van der Waals surface area contributed by atoms with Gasteiger partial charge in [-0.15, -0.1) is 0 Å². The lowest BCUT2D eigenvalue weighted by Gasteiger charge is -2.07. The van der Waals surface area contributed by atoms with E-state index in [-0.39, 0.29) is 25.2 Å². The van der Waals surface area contributed by atoms with Crippen molar-refractivity contribution >= 4 is 5.97 Å². The number of halogens is 2. The fraction of sp³-hybridized carbons (Fsp3) is 0.857. The molecular weight excluding hydrogens is 154 g/mol. The van der Waals surface area contributed by atoms with Crippen LogP contribution in [0.2, 0.25) is 0 Å². The van der Waals surface area contributed by atoms with Crippen molar-refractivity contribution in [2.45, 2.75) is 31.6 Å². The number of carbonyl (C=O) groups is 1. The number of rotatable bonds is 2. The molecule has 0 aliphatic heterocycles. The van der Waals surface area contributed by atoms with Crippen LogP contribution in [0.4, 0.5) is 8.78 Å². The second-order valence-electron chi connectivity index (χ2n) is 3.06. The molecule has 1 aliphatic rings. The second kappa shape index (κ2) is 2.75. The Balaban J connectivity index is 2.36. The predicted octanol–water partition coefficient (Wildman–Crippen LogP) is 1.90. The maximum absolute atomic E-state index is 12.5. The summed E-state index contributed by atoms with van der Waals surface area (Å²) < 4.78 is 24.9. The molecule has 0 heterocycles. The van der Waals surface area contributed by atoms with Crippen LogP contribution >= 0.6 is 0 Å². The van der Waals surface area contributed by atoms with E-state index in [2.05, 4.69) is 0 Å². The lowest BCUT2D eigenvalue weighted by atomic mass is 10.0. The van der Waals surface area contributed by atoms with Gasteiger partial charge in [0, 0.05) is 19.3 Å². The van der Waals surface area contributed by atoms with Gasteiger partial charge in [0.1, 0.15) is 0 Å². The normalized spacial score (nSPS) is 28.7. The largest absolute Gasteiger partial charge is 0.481 e. The number of hydrogen-bond donors (Lipinski definition) is 1. The van der Waals surface area contributed by atoms with E-state index in [9.17, 15) is 13.6 Å². The van der Waals surface area contributed by atoms with Gasteiger partial charge in [0.05, 0.1) is 0 Å². The van der Waals surface area contributed by atoms with Crippen LogP contribution in [0.15, 0.2) is 0 Å². The van der Waals surface area contributed by atoms with Crippen molar-refractivity contribution in [3.8, 4) is 0 Å². The van der Waals surface area contributed by atoms with Gasteiger partial charge in [-0.1, -0.05) is 0 Å². The number of carboxylic acid groups (broad SMARTS) is 1. The molecule has 0 radical (unpaired) electrons. The summed E-state index contributed by atoms with van der Waals surface area (Å²) in [6, 6.07) is 0. The molecule has 0 aromatic rings. The minimum atomic E-state index is -2.61. The first-order chi connectivity index (χ1) is 4.99. The van der Waals surface area contributed by atoms with Crippen molar-refractivity contribution in [1.29, 1.82) is 0 Å². The minimum Gasteiger partial charge on any atom is -0.481 e. The first kappa shape index (κ1) is 8.43. The Kier molecular flexibility index (Phi) is 2.11. The van der Waals surface area contributed by atoms with Gasteiger partial charge < -0.3 is 5.11 Å². The number of carboxylic acids is 1. The van der Waals surface area contributed by atoms with Crippen LogP contribution < -0.4 is 0 Å². The van der Waals surface area contributed by atoms with Gasteiger partial charge in [-0.3, -0.25) is 4.79 Å². The SMILES string of the molecule is O=C(O)CC1CCC(F)(F)C1. The average Bonchev–Trinajstić information content (AvgIpc) is 2.08. The molecule has 1 rings (SSSR count). The highest BCUT2D eigenvalue weighted by atomic mass is 19.3. The highest BCUT2D eigenvalue weighted by molar-refractivity contribution is 5.67. The van der Waals surface area contributed by atoms with Crippen molar-refractivity contribution in [3.05, 3.63) is 0 Å². The van der Waals surface area contributed by atoms with Crippen LogP contribution in [0.3, 0.4) is 0 Å². The summed E-state index contributed by atoms with van der Waals surface area (Å²) in [6.07, 6.45) is -0.168. The molecule has 0 amide bonds. The summed E-state index contributed by atoms with van der Waals surface area (Å²) >= 11 is 0. The van der Waals surface area contributed by atoms with Gasteiger partial charge in [0.15, 0.2) is 0 Å². The van der Waals surface area contributed by atoms with Crippen LogP contribution in [0.5, 0.6) is 0 Å². The molecule has 11 heavy (non-hydrogen) atoms. The Hall–Kier alpha value is -0.670. The predicted molar refractivity (Wildman–Crippen MR) is 34.5 cm³/mol. The molecule has 0 aromatic carbocycles. The van der Waals surface area contributed by atoms with Crippen molar-refractivity contribution in [2.75, 3.05) is 0 Å². The Bertz CT molecular complexity index is 168. The van der Waals surface area contributed by atoms with Crippen molar-refractivity contribution in [1.82, 2.24) is 0 Å². The highest BCUT2D eigenvalue weighted by Crippen LogP contribution is 2.40. The maximum Gasteiger partial charge on any atom is 0.303 e. The van der Waals surface area contributed by atoms with Crippen LogP contribution in [0.25, 0.3) is 0 Å². The van der Waals surface area contributed by atoms with Crippen LogP contribution in [-0.4, -0.2) is 17.0 Å². The first-order valence-electron chi connectivity index (χ1n) is 3.59. The van der Waals surface area contributed by atoms with Gasteiger partial charge >= 0.3 is 5.97 Å². The molecule has 64 valence electrons. The van der Waals surface area contributed by atoms with E-state index in [4.69, 9.17) is 5.11 Å². The molecule has 0 bridgehead atoms. The second-order valence-corrected chi connectivity index (χ2v) is 3.06. The van der Waals surface area contributed by atoms with Gasteiger partial charge in [0.25, 0.3) is 0 Å². The van der Waals surface area contributed by atoms with E-state index in [0.29, 0.717) is 6.42 Å². The third-order valence-corrected chi connectivity index (χ3v) is 1.97. The van der Waals surface area contributed by atoms with E-state index in [0.717, 1.165) is 0 Å². The Labute approximate surface area is 63.2 Å². The zero-order chi connectivity index (χ0) is 8.48. The molecule has 1 saturated carbocycles. The average molecular weight is 164 g/mol. The molecule has 1 atom stereocenters. The van der Waals surface area contributed by atoms with E-state index in [1.807, 2.05) is 0 Å². The number of alkyl halides is 2. The van der Waals surface area contributed by atoms with Gasteiger partial charge in [-0.2, -0.15) is 0 Å². The van der Waals surface area contributed by atoms with Crippen LogP contribution in [0, 0.1) is 5.92 Å². The molecule has 1 aliphatic carbocycles. The molecule has 0 aromatic heterocycles. The number of aliphatic carboxylic acids is 1. The van der Waals surface area contributed by atoms with E-state index < -0.39 is 11.9 Å². The number of hydrogen-bond acceptors (Lipinski definition) is 1. The van der Waals surface area contributed by atoms with Gasteiger partial charge in [0.2, 0.25) is 5.92 Å². The Morgan fingerprint density at radius 2 is 2.27 bits per heavy atom. The molecule has 1 fully saturated rings. The summed E-state index contributed by atoms with van der Waals surface area (Å²) in [4.78, 5) is 10.1. The Morgan fingerprint density at radius 3 is 2.64 bits per heavy atom. The molecule has 2 nitrogen and oxygen atoms in total. The summed E-state index contributed by atoms with van der Waals surface area (Å²) in [5.74, 6) is -3.91. The van der Waals surface area contributed by atoms with E-state index >= 15 is 0 Å². The quantitative estimate of drug-likeness (QED) is 0.676. The zero-order valence-corrected chi connectivity index (χ0v) is 6.02. The molecule has 0 saturated heterocycles. The fourth-order valence-corrected chi connectivity index (χ4v) is 1.46. The smallest absolute Gasteiger partial charge is 0.303 e. The van der Waals surface area contributed by atoms with Gasteiger partial charge in [-0.05, 0) is 12.3 Å². The minimum absolute atomic E-state index is 0.115. The maximum atomic E-state index is 12.5. The molecular formula is C7H10F2O2. The molecule has 1 N–H and O–H groups in total. The summed E-state index contributed by atoms with van der Waals surface area (Å²) in [7, 11) is 0. The molecule has 1 unspecified atom stereocenters. The molecule has 0 spiro atoms. The zero-order valence-electron chi connectivity index (χ0n) is 6.02. The monoisotopic (exact) mass is 164 g/mol.